The van der Waals surface area contributed by atoms with E-state index in [1.54, 1.807) is 0 Å². The second-order valence-electron chi connectivity index (χ2n) is 5.63. The summed E-state index contributed by atoms with van der Waals surface area (Å²) in [7, 11) is 0. The lowest BCUT2D eigenvalue weighted by Crippen LogP contribution is -2.05. The number of hydrogen-bond acceptors (Lipinski definition) is 3. The quantitative estimate of drug-likeness (QED) is 0.777. The van der Waals surface area contributed by atoms with Gasteiger partial charge in [-0.15, -0.1) is 0 Å². The number of hydrogen-bond donors (Lipinski definition) is 2. The van der Waals surface area contributed by atoms with Gasteiger partial charge in [-0.2, -0.15) is 10.2 Å². The van der Waals surface area contributed by atoms with Crippen molar-refractivity contribution in [3.63, 3.8) is 0 Å². The van der Waals surface area contributed by atoms with Crippen molar-refractivity contribution in [3.8, 4) is 0 Å². The molecule has 3 rings (SSSR count). The van der Waals surface area contributed by atoms with Crippen molar-refractivity contribution in [1.29, 1.82) is 0 Å². The molecule has 0 aliphatic carbocycles. The third-order valence-electron chi connectivity index (χ3n) is 3.43. The molecule has 5 nitrogen and oxygen atoms in total. The summed E-state index contributed by atoms with van der Waals surface area (Å²) in [5.41, 5.74) is 8.77. The molecule has 0 atom stereocenters. The van der Waals surface area contributed by atoms with Crippen molar-refractivity contribution < 1.29 is 0 Å². The van der Waals surface area contributed by atoms with E-state index in [-0.39, 0.29) is 0 Å². The van der Waals surface area contributed by atoms with Crippen LogP contribution in [0.15, 0.2) is 24.3 Å². The maximum atomic E-state index is 6.23. The van der Waals surface area contributed by atoms with Gasteiger partial charge >= 0.3 is 0 Å². The van der Waals surface area contributed by atoms with E-state index < -0.39 is 0 Å². The van der Waals surface area contributed by atoms with Crippen molar-refractivity contribution in [2.75, 3.05) is 5.73 Å². The van der Waals surface area contributed by atoms with Gasteiger partial charge in [-0.3, -0.25) is 5.10 Å². The average molecular weight is 304 g/mol. The van der Waals surface area contributed by atoms with Crippen molar-refractivity contribution in [3.05, 3.63) is 40.5 Å². The fraction of sp³-hybridized carbons (Fsp3) is 0.333. The molecule has 0 aliphatic heterocycles. The maximum absolute atomic E-state index is 6.23. The molecule has 21 heavy (non-hydrogen) atoms. The first-order chi connectivity index (χ1) is 10.1. The van der Waals surface area contributed by atoms with Crippen LogP contribution >= 0.6 is 11.6 Å². The van der Waals surface area contributed by atoms with Gasteiger partial charge in [-0.1, -0.05) is 43.6 Å². The van der Waals surface area contributed by atoms with Gasteiger partial charge in [0.05, 0.1) is 17.6 Å². The minimum atomic E-state index is 0.506. The van der Waals surface area contributed by atoms with Crippen molar-refractivity contribution in [2.24, 2.45) is 5.92 Å². The van der Waals surface area contributed by atoms with E-state index in [4.69, 9.17) is 17.3 Å². The molecule has 0 spiro atoms. The fourth-order valence-electron chi connectivity index (χ4n) is 2.49. The van der Waals surface area contributed by atoms with Crippen molar-refractivity contribution in [2.45, 2.75) is 26.8 Å². The largest absolute Gasteiger partial charge is 0.383 e. The monoisotopic (exact) mass is 303 g/mol. The van der Waals surface area contributed by atoms with Gasteiger partial charge in [0, 0.05) is 5.02 Å². The van der Waals surface area contributed by atoms with E-state index >= 15 is 0 Å². The van der Waals surface area contributed by atoms with Crippen LogP contribution < -0.4 is 5.73 Å². The number of fused-ring (bicyclic) bond motifs is 1. The minimum absolute atomic E-state index is 0.506. The molecule has 110 valence electrons. The van der Waals surface area contributed by atoms with Gasteiger partial charge in [-0.25, -0.2) is 4.68 Å². The number of nitrogens with zero attached hydrogens (tertiary/aromatic N) is 3. The summed E-state index contributed by atoms with van der Waals surface area (Å²) in [6.45, 7) is 4.91. The lowest BCUT2D eigenvalue weighted by atomic mass is 10.1. The summed E-state index contributed by atoms with van der Waals surface area (Å²) in [6, 6.07) is 7.76. The van der Waals surface area contributed by atoms with Crippen LogP contribution in [0.3, 0.4) is 0 Å². The summed E-state index contributed by atoms with van der Waals surface area (Å²) in [5.74, 6) is 1.08. The molecule has 2 aromatic heterocycles. The fourth-order valence-corrected chi connectivity index (χ4v) is 2.68. The van der Waals surface area contributed by atoms with E-state index in [0.717, 1.165) is 33.7 Å². The van der Waals surface area contributed by atoms with Crippen LogP contribution in [-0.2, 0) is 13.0 Å². The molecule has 0 bridgehead atoms. The molecule has 0 aliphatic rings. The Kier molecular flexibility index (Phi) is 3.59. The Balaban J connectivity index is 2.05. The number of rotatable bonds is 4. The Morgan fingerprint density at radius 1 is 1.33 bits per heavy atom. The normalized spacial score (nSPS) is 11.6. The van der Waals surface area contributed by atoms with Gasteiger partial charge in [0.2, 0.25) is 0 Å². The molecule has 0 radical (unpaired) electrons. The van der Waals surface area contributed by atoms with E-state index in [1.165, 1.54) is 0 Å². The number of H-pyrrole nitrogens is 1. The Labute approximate surface area is 128 Å². The van der Waals surface area contributed by atoms with Gasteiger partial charge in [0.1, 0.15) is 5.82 Å². The van der Waals surface area contributed by atoms with Crippen LogP contribution in [0.4, 0.5) is 5.82 Å². The Morgan fingerprint density at radius 3 is 2.81 bits per heavy atom. The molecule has 1 aromatic carbocycles. The first-order valence-electron chi connectivity index (χ1n) is 6.99. The van der Waals surface area contributed by atoms with E-state index in [9.17, 15) is 0 Å². The smallest absolute Gasteiger partial charge is 0.182 e. The van der Waals surface area contributed by atoms with Gasteiger partial charge in [0.15, 0.2) is 5.65 Å². The molecular formula is C15H18ClN5. The summed E-state index contributed by atoms with van der Waals surface area (Å²) < 4.78 is 1.86. The van der Waals surface area contributed by atoms with Crippen LogP contribution in [0.1, 0.15) is 25.1 Å². The highest BCUT2D eigenvalue weighted by molar-refractivity contribution is 6.31. The highest BCUT2D eigenvalue weighted by Crippen LogP contribution is 2.26. The molecule has 3 aromatic rings. The Morgan fingerprint density at radius 2 is 2.10 bits per heavy atom. The number of aromatic amines is 1. The highest BCUT2D eigenvalue weighted by Gasteiger charge is 2.17. The summed E-state index contributed by atoms with van der Waals surface area (Å²) in [4.78, 5) is 0. The Bertz CT molecular complexity index is 772. The third-order valence-corrected chi connectivity index (χ3v) is 3.80. The number of aromatic nitrogens is 4. The minimum Gasteiger partial charge on any atom is -0.383 e. The zero-order chi connectivity index (χ0) is 15.0. The van der Waals surface area contributed by atoms with Gasteiger partial charge in [0.25, 0.3) is 0 Å². The second-order valence-corrected chi connectivity index (χ2v) is 6.04. The molecule has 2 heterocycles. The summed E-state index contributed by atoms with van der Waals surface area (Å²) >= 11 is 6.23. The number of nitrogens with one attached hydrogen (secondary N) is 1. The molecule has 0 amide bonds. The molecule has 0 fully saturated rings. The van der Waals surface area contributed by atoms with Crippen molar-refractivity contribution in [1.82, 2.24) is 20.0 Å². The summed E-state index contributed by atoms with van der Waals surface area (Å²) in [6.07, 6.45) is 0.871. The van der Waals surface area contributed by atoms with Crippen LogP contribution in [-0.4, -0.2) is 20.0 Å². The SMILES string of the molecule is CC(C)Cc1nn(Cc2ccccc2Cl)c2n[nH]c(N)c12. The molecule has 3 N–H and O–H groups in total. The first kappa shape index (κ1) is 13.9. The predicted octanol–water partition coefficient (Wildman–Crippen LogP) is 3.24. The van der Waals surface area contributed by atoms with Crippen molar-refractivity contribution >= 4 is 28.5 Å². The zero-order valence-electron chi connectivity index (χ0n) is 12.1. The summed E-state index contributed by atoms with van der Waals surface area (Å²) in [5, 5.41) is 13.5. The average Bonchev–Trinajstić information content (AvgIpc) is 2.95. The van der Waals surface area contributed by atoms with E-state index in [2.05, 4.69) is 29.1 Å². The molecular weight excluding hydrogens is 286 g/mol. The first-order valence-corrected chi connectivity index (χ1v) is 7.36. The van der Waals surface area contributed by atoms with Crippen LogP contribution in [0.5, 0.6) is 0 Å². The Hall–Kier alpha value is -2.01. The number of benzene rings is 1. The van der Waals surface area contributed by atoms with Gasteiger partial charge < -0.3 is 5.73 Å². The molecule has 0 unspecified atom stereocenters. The predicted molar refractivity (Wildman–Crippen MR) is 85.4 cm³/mol. The lowest BCUT2D eigenvalue weighted by Gasteiger charge is -2.05. The van der Waals surface area contributed by atoms with E-state index in [0.29, 0.717) is 18.3 Å². The third kappa shape index (κ3) is 2.61. The standard InChI is InChI=1S/C15H18ClN5/c1-9(2)7-12-13-14(17)18-19-15(13)21(20-12)8-10-5-3-4-6-11(10)16/h3-6,9H,7-8H2,1-2H3,(H3,17,18,19). The van der Waals surface area contributed by atoms with Crippen LogP contribution in [0.2, 0.25) is 5.02 Å². The number of anilines is 1. The number of halogens is 1. The second kappa shape index (κ2) is 5.41. The molecule has 6 heteroatoms. The number of nitrogens with two attached hydrogens (primary N) is 1. The topological polar surface area (TPSA) is 72.5 Å². The highest BCUT2D eigenvalue weighted by atomic mass is 35.5. The van der Waals surface area contributed by atoms with E-state index in [1.807, 2.05) is 28.9 Å². The zero-order valence-corrected chi connectivity index (χ0v) is 12.9. The number of nitrogen functional groups attached to an aromatic ring is 1. The van der Waals surface area contributed by atoms with Crippen LogP contribution in [0, 0.1) is 5.92 Å². The molecule has 0 saturated heterocycles. The molecule has 0 saturated carbocycles. The van der Waals surface area contributed by atoms with Gasteiger partial charge in [-0.05, 0) is 24.0 Å². The maximum Gasteiger partial charge on any atom is 0.182 e. The lowest BCUT2D eigenvalue weighted by molar-refractivity contribution is 0.611. The van der Waals surface area contributed by atoms with Crippen LogP contribution in [0.25, 0.3) is 11.0 Å².